The van der Waals surface area contributed by atoms with E-state index in [0.29, 0.717) is 51.9 Å². The number of carbonyl (C=O) groups excluding carboxylic acids is 2. The molecule has 0 bridgehead atoms. The van der Waals surface area contributed by atoms with Crippen LogP contribution in [0.1, 0.15) is 18.7 Å². The van der Waals surface area contributed by atoms with Gasteiger partial charge in [0, 0.05) is 23.4 Å². The van der Waals surface area contributed by atoms with E-state index in [0.717, 1.165) is 0 Å². The number of benzene rings is 2. The number of alkyl halides is 2. The molecule has 162 valence electrons. The lowest BCUT2D eigenvalue weighted by molar-refractivity contribution is -0.147. The number of carbonyl (C=O) groups is 2. The Balaban J connectivity index is 1.40. The number of hydrogen-bond donors (Lipinski definition) is 2. The molecule has 0 fully saturated rings. The predicted octanol–water partition coefficient (Wildman–Crippen LogP) is 3.74. The Morgan fingerprint density at radius 2 is 1.87 bits per heavy atom. The van der Waals surface area contributed by atoms with E-state index in [4.69, 9.17) is 4.74 Å². The van der Waals surface area contributed by atoms with Gasteiger partial charge >= 0.3 is 5.97 Å². The number of aromatic nitrogens is 2. The van der Waals surface area contributed by atoms with Crippen LogP contribution in [0.2, 0.25) is 0 Å². The number of amides is 1. The summed E-state index contributed by atoms with van der Waals surface area (Å²) < 4.78 is 29.5. The lowest BCUT2D eigenvalue weighted by Gasteiger charge is -2.07. The summed E-state index contributed by atoms with van der Waals surface area (Å²) >= 11 is 0.408. The molecule has 3 rings (SSSR count). The number of anilines is 1. The largest absolute Gasteiger partial charge is 0.456 e. The van der Waals surface area contributed by atoms with E-state index in [-0.39, 0.29) is 12.0 Å². The van der Waals surface area contributed by atoms with Gasteiger partial charge in [-0.25, -0.2) is 4.98 Å². The second-order valence-electron chi connectivity index (χ2n) is 6.50. The molecule has 0 aliphatic heterocycles. The minimum atomic E-state index is -2.52. The highest BCUT2D eigenvalue weighted by atomic mass is 32.2. The minimum absolute atomic E-state index is 0.0589. The molecular formula is C21H19F2N3O4S. The maximum atomic E-state index is 12.3. The molecule has 0 spiro atoms. The minimum Gasteiger partial charge on any atom is -0.456 e. The highest BCUT2D eigenvalue weighted by molar-refractivity contribution is 7.99. The van der Waals surface area contributed by atoms with Gasteiger partial charge in [0.1, 0.15) is 5.82 Å². The Kier molecular flexibility index (Phi) is 7.71. The number of ether oxygens (including phenoxy) is 1. The Bertz CT molecular complexity index is 1120. The van der Waals surface area contributed by atoms with Crippen molar-refractivity contribution < 1.29 is 23.1 Å². The van der Waals surface area contributed by atoms with E-state index in [9.17, 15) is 23.2 Å². The summed E-state index contributed by atoms with van der Waals surface area (Å²) in [5.41, 5.74) is 0.757. The summed E-state index contributed by atoms with van der Waals surface area (Å²) in [6, 6.07) is 12.9. The summed E-state index contributed by atoms with van der Waals surface area (Å²) in [7, 11) is 0. The van der Waals surface area contributed by atoms with Crippen molar-refractivity contribution in [2.45, 2.75) is 29.9 Å². The van der Waals surface area contributed by atoms with Gasteiger partial charge in [-0.1, -0.05) is 23.9 Å². The van der Waals surface area contributed by atoms with Gasteiger partial charge in [-0.2, -0.15) is 8.78 Å². The van der Waals surface area contributed by atoms with Gasteiger partial charge in [-0.3, -0.25) is 14.4 Å². The summed E-state index contributed by atoms with van der Waals surface area (Å²) in [4.78, 5) is 43.2. The van der Waals surface area contributed by atoms with Gasteiger partial charge in [0.2, 0.25) is 0 Å². The summed E-state index contributed by atoms with van der Waals surface area (Å²) in [5.74, 6) is -3.13. The first kappa shape index (κ1) is 22.4. The lowest BCUT2D eigenvalue weighted by atomic mass is 10.2. The summed E-state index contributed by atoms with van der Waals surface area (Å²) in [5, 5.41) is 3.02. The van der Waals surface area contributed by atoms with Gasteiger partial charge in [-0.15, -0.1) is 0 Å². The van der Waals surface area contributed by atoms with Crippen LogP contribution in [0.4, 0.5) is 14.5 Å². The smallest absolute Gasteiger partial charge is 0.306 e. The molecular weight excluding hydrogens is 428 g/mol. The number of fused-ring (bicyclic) bond motifs is 1. The number of rotatable bonds is 9. The Labute approximate surface area is 180 Å². The normalized spacial score (nSPS) is 10.9. The van der Waals surface area contributed by atoms with E-state index in [1.165, 1.54) is 24.3 Å². The van der Waals surface area contributed by atoms with Crippen molar-refractivity contribution in [3.8, 4) is 0 Å². The fraction of sp³-hybridized carbons (Fsp3) is 0.238. The zero-order chi connectivity index (χ0) is 22.2. The van der Waals surface area contributed by atoms with Gasteiger partial charge in [0.15, 0.2) is 6.61 Å². The van der Waals surface area contributed by atoms with Crippen molar-refractivity contribution in [3.05, 3.63) is 64.7 Å². The molecule has 2 aromatic carbocycles. The van der Waals surface area contributed by atoms with Crippen molar-refractivity contribution in [2.24, 2.45) is 0 Å². The third-order valence-corrected chi connectivity index (χ3v) is 4.91. The second-order valence-corrected chi connectivity index (χ2v) is 7.56. The molecule has 10 heteroatoms. The summed E-state index contributed by atoms with van der Waals surface area (Å²) in [6.45, 7) is -0.461. The predicted molar refractivity (Wildman–Crippen MR) is 113 cm³/mol. The Hall–Kier alpha value is -3.27. The maximum absolute atomic E-state index is 12.3. The van der Waals surface area contributed by atoms with E-state index in [2.05, 4.69) is 15.3 Å². The van der Waals surface area contributed by atoms with E-state index in [1.54, 1.807) is 24.3 Å². The number of aromatic amines is 1. The van der Waals surface area contributed by atoms with Crippen LogP contribution in [-0.2, 0) is 20.7 Å². The number of para-hydroxylation sites is 1. The number of nitrogens with one attached hydrogen (secondary N) is 2. The number of H-pyrrole nitrogens is 1. The van der Waals surface area contributed by atoms with E-state index >= 15 is 0 Å². The molecule has 0 aliphatic carbocycles. The van der Waals surface area contributed by atoms with Crippen molar-refractivity contribution >= 4 is 40.2 Å². The van der Waals surface area contributed by atoms with Crippen molar-refractivity contribution in [2.75, 3.05) is 11.9 Å². The first-order chi connectivity index (χ1) is 14.9. The number of halogens is 2. The second kappa shape index (κ2) is 10.7. The first-order valence-electron chi connectivity index (χ1n) is 9.39. The number of nitrogens with zero attached hydrogens (tertiary/aromatic N) is 1. The molecule has 0 unspecified atom stereocenters. The van der Waals surface area contributed by atoms with Crippen molar-refractivity contribution in [3.63, 3.8) is 0 Å². The molecule has 7 nitrogen and oxygen atoms in total. The zero-order valence-corrected chi connectivity index (χ0v) is 17.1. The quantitative estimate of drug-likeness (QED) is 0.383. The molecule has 1 aromatic heterocycles. The van der Waals surface area contributed by atoms with E-state index < -0.39 is 24.2 Å². The van der Waals surface area contributed by atoms with Gasteiger partial charge in [0.25, 0.3) is 17.2 Å². The molecule has 3 aromatic rings. The molecule has 0 atom stereocenters. The number of aryl methyl sites for hydroxylation is 1. The van der Waals surface area contributed by atoms with Gasteiger partial charge in [-0.05, 0) is 42.8 Å². The molecule has 0 radical (unpaired) electrons. The number of esters is 1. The third-order valence-electron chi connectivity index (χ3n) is 4.18. The van der Waals surface area contributed by atoms with Crippen LogP contribution in [0.25, 0.3) is 10.9 Å². The molecule has 1 heterocycles. The van der Waals surface area contributed by atoms with Crippen molar-refractivity contribution in [1.29, 1.82) is 0 Å². The number of hydrogen-bond acceptors (Lipinski definition) is 6. The van der Waals surface area contributed by atoms with Crippen LogP contribution in [0.5, 0.6) is 0 Å². The Morgan fingerprint density at radius 1 is 1.13 bits per heavy atom. The van der Waals surface area contributed by atoms with Crippen LogP contribution >= 0.6 is 11.8 Å². The third kappa shape index (κ3) is 6.88. The molecule has 0 saturated carbocycles. The highest BCUT2D eigenvalue weighted by Gasteiger charge is 2.10. The first-order valence-corrected chi connectivity index (χ1v) is 10.3. The van der Waals surface area contributed by atoms with Crippen LogP contribution in [-0.4, -0.2) is 34.2 Å². The molecule has 1 amide bonds. The topological polar surface area (TPSA) is 101 Å². The average molecular weight is 447 g/mol. The maximum Gasteiger partial charge on any atom is 0.306 e. The Morgan fingerprint density at radius 3 is 2.61 bits per heavy atom. The average Bonchev–Trinajstić information content (AvgIpc) is 2.73. The summed E-state index contributed by atoms with van der Waals surface area (Å²) in [6.07, 6.45) is 0.832. The molecule has 31 heavy (non-hydrogen) atoms. The van der Waals surface area contributed by atoms with Crippen LogP contribution in [0, 0.1) is 0 Å². The zero-order valence-electron chi connectivity index (χ0n) is 16.3. The fourth-order valence-corrected chi connectivity index (χ4v) is 3.29. The van der Waals surface area contributed by atoms with Crippen molar-refractivity contribution in [1.82, 2.24) is 9.97 Å². The highest BCUT2D eigenvalue weighted by Crippen LogP contribution is 2.26. The fourth-order valence-electron chi connectivity index (χ4n) is 2.79. The lowest BCUT2D eigenvalue weighted by Crippen LogP contribution is -2.21. The molecule has 0 aliphatic rings. The monoisotopic (exact) mass is 447 g/mol. The van der Waals surface area contributed by atoms with Gasteiger partial charge in [0.05, 0.1) is 10.9 Å². The van der Waals surface area contributed by atoms with Gasteiger partial charge < -0.3 is 15.0 Å². The van der Waals surface area contributed by atoms with Crippen LogP contribution in [0.15, 0.2) is 58.2 Å². The van der Waals surface area contributed by atoms with Crippen LogP contribution in [0.3, 0.4) is 0 Å². The molecule has 2 N–H and O–H groups in total. The molecule has 0 saturated heterocycles. The SMILES string of the molecule is O=C(COC(=O)CCCc1nc2ccccc2c(=O)[nH]1)Nc1ccc(SC(F)F)cc1. The van der Waals surface area contributed by atoms with Crippen LogP contribution < -0.4 is 10.9 Å². The van der Waals surface area contributed by atoms with E-state index in [1.807, 2.05) is 0 Å². The standard InChI is InChI=1S/C21H19F2N3O4S/c22-21(23)31-14-10-8-13(9-11-14)24-18(27)12-30-19(28)7-3-6-17-25-16-5-2-1-4-15(16)20(29)26-17/h1-2,4-5,8-11,21H,3,6-7,12H2,(H,24,27)(H,25,26,29). The number of thioether (sulfide) groups is 1.